The van der Waals surface area contributed by atoms with Crippen LogP contribution in [0.15, 0.2) is 75.7 Å². The minimum absolute atomic E-state index is 0.0153. The van der Waals surface area contributed by atoms with Gasteiger partial charge >= 0.3 is 5.97 Å². The van der Waals surface area contributed by atoms with Crippen molar-refractivity contribution < 1.29 is 27.9 Å². The highest BCUT2D eigenvalue weighted by atomic mass is 32.2. The number of ether oxygens (including phenoxy) is 1. The van der Waals surface area contributed by atoms with Gasteiger partial charge in [-0.1, -0.05) is 24.3 Å². The van der Waals surface area contributed by atoms with E-state index in [-0.39, 0.29) is 28.3 Å². The van der Waals surface area contributed by atoms with Crippen LogP contribution in [0.2, 0.25) is 0 Å². The molecule has 3 N–H and O–H groups in total. The van der Waals surface area contributed by atoms with Crippen LogP contribution in [-0.4, -0.2) is 48.9 Å². The smallest absolute Gasteiger partial charge is 0.323 e. The lowest BCUT2D eigenvalue weighted by atomic mass is 10.0. The standard InChI is InChI=1S/C26H25N3O7S2/c1-16-12-20-17(9-10-23(30)27-20)13-22(16)38(34,35)28-25(19-7-3-4-8-21(19)36-2)26(33)29(15-24(31)32)14-18-6-5-11-37-18/h3-13,25,28H,14-15H2,1-2H3,(H,27,30)(H,31,32)/t25-/m1/s1. The quantitative estimate of drug-likeness (QED) is 0.273. The van der Waals surface area contributed by atoms with E-state index in [0.29, 0.717) is 16.5 Å². The topological polar surface area (TPSA) is 146 Å². The minimum atomic E-state index is -4.32. The lowest BCUT2D eigenvalue weighted by Crippen LogP contribution is -2.44. The molecule has 198 valence electrons. The van der Waals surface area contributed by atoms with Crippen molar-refractivity contribution in [1.82, 2.24) is 14.6 Å². The predicted molar refractivity (Wildman–Crippen MR) is 143 cm³/mol. The number of pyridine rings is 1. The first-order valence-electron chi connectivity index (χ1n) is 11.4. The van der Waals surface area contributed by atoms with Gasteiger partial charge in [-0.15, -0.1) is 11.3 Å². The fraction of sp³-hybridized carbons (Fsp3) is 0.192. The maximum Gasteiger partial charge on any atom is 0.323 e. The van der Waals surface area contributed by atoms with Crippen molar-refractivity contribution in [2.45, 2.75) is 24.4 Å². The van der Waals surface area contributed by atoms with Gasteiger partial charge in [-0.05, 0) is 53.6 Å². The number of methoxy groups -OCH3 is 1. The Morgan fingerprint density at radius 1 is 1.13 bits per heavy atom. The van der Waals surface area contributed by atoms with E-state index in [1.165, 1.54) is 36.6 Å². The monoisotopic (exact) mass is 555 g/mol. The summed E-state index contributed by atoms with van der Waals surface area (Å²) in [5.74, 6) is -1.74. The lowest BCUT2D eigenvalue weighted by Gasteiger charge is -2.27. The summed E-state index contributed by atoms with van der Waals surface area (Å²) < 4.78 is 35.3. The number of carbonyl (C=O) groups is 2. The van der Waals surface area contributed by atoms with E-state index >= 15 is 0 Å². The number of benzene rings is 2. The predicted octanol–water partition coefficient (Wildman–Crippen LogP) is 3.04. The molecule has 1 atom stereocenters. The van der Waals surface area contributed by atoms with Crippen molar-refractivity contribution in [1.29, 1.82) is 0 Å². The number of hydrogen-bond acceptors (Lipinski definition) is 7. The molecule has 38 heavy (non-hydrogen) atoms. The summed E-state index contributed by atoms with van der Waals surface area (Å²) in [6, 6.07) is 14.2. The molecular weight excluding hydrogens is 530 g/mol. The molecule has 0 radical (unpaired) electrons. The van der Waals surface area contributed by atoms with Crippen molar-refractivity contribution >= 4 is 44.1 Å². The Bertz CT molecular complexity index is 1650. The van der Waals surface area contributed by atoms with Gasteiger partial charge in [0, 0.05) is 22.0 Å². The number of amides is 1. The highest BCUT2D eigenvalue weighted by molar-refractivity contribution is 7.89. The number of fused-ring (bicyclic) bond motifs is 1. The first kappa shape index (κ1) is 27.0. The van der Waals surface area contributed by atoms with Gasteiger partial charge in [-0.3, -0.25) is 14.4 Å². The van der Waals surface area contributed by atoms with Crippen LogP contribution in [0.1, 0.15) is 22.0 Å². The van der Waals surface area contributed by atoms with E-state index in [1.807, 2.05) is 0 Å². The van der Waals surface area contributed by atoms with Gasteiger partial charge in [0.2, 0.25) is 21.5 Å². The first-order chi connectivity index (χ1) is 18.1. The number of H-pyrrole nitrogens is 1. The second-order valence-electron chi connectivity index (χ2n) is 8.49. The number of thiophene rings is 1. The Balaban J connectivity index is 1.80. The molecule has 2 aromatic heterocycles. The number of carboxylic acids is 1. The molecule has 2 aromatic carbocycles. The van der Waals surface area contributed by atoms with E-state index in [2.05, 4.69) is 9.71 Å². The molecule has 0 aliphatic carbocycles. The number of aromatic amines is 1. The number of hydrogen-bond donors (Lipinski definition) is 3. The number of para-hydroxylation sites is 1. The Hall–Kier alpha value is -4.00. The summed E-state index contributed by atoms with van der Waals surface area (Å²) in [5.41, 5.74) is 0.721. The van der Waals surface area contributed by atoms with Crippen LogP contribution in [-0.2, 0) is 26.2 Å². The van der Waals surface area contributed by atoms with Crippen molar-refractivity contribution in [2.75, 3.05) is 13.7 Å². The highest BCUT2D eigenvalue weighted by Gasteiger charge is 2.34. The number of nitrogens with zero attached hydrogens (tertiary/aromatic N) is 1. The van der Waals surface area contributed by atoms with E-state index < -0.39 is 34.5 Å². The lowest BCUT2D eigenvalue weighted by molar-refractivity contribution is -0.145. The number of aryl methyl sites for hydroxylation is 1. The van der Waals surface area contributed by atoms with E-state index in [9.17, 15) is 27.9 Å². The summed E-state index contributed by atoms with van der Waals surface area (Å²) in [6.07, 6.45) is 0. The molecule has 0 bridgehead atoms. The van der Waals surface area contributed by atoms with Gasteiger partial charge < -0.3 is 19.7 Å². The summed E-state index contributed by atoms with van der Waals surface area (Å²) in [5, 5.41) is 11.8. The number of sulfonamides is 1. The second kappa shape index (κ2) is 11.2. The van der Waals surface area contributed by atoms with Crippen molar-refractivity contribution in [3.05, 3.63) is 92.4 Å². The third kappa shape index (κ3) is 5.93. The number of nitrogens with one attached hydrogen (secondary N) is 2. The molecular formula is C26H25N3O7S2. The third-order valence-corrected chi connectivity index (χ3v) is 8.27. The molecule has 0 fully saturated rings. The molecule has 12 heteroatoms. The molecule has 0 aliphatic heterocycles. The summed E-state index contributed by atoms with van der Waals surface area (Å²) in [6.45, 7) is 0.928. The Morgan fingerprint density at radius 2 is 1.89 bits per heavy atom. The summed E-state index contributed by atoms with van der Waals surface area (Å²) >= 11 is 1.35. The fourth-order valence-electron chi connectivity index (χ4n) is 4.10. The number of rotatable bonds is 10. The van der Waals surface area contributed by atoms with Crippen LogP contribution < -0.4 is 15.0 Å². The highest BCUT2D eigenvalue weighted by Crippen LogP contribution is 2.30. The van der Waals surface area contributed by atoms with Gasteiger partial charge in [-0.2, -0.15) is 4.72 Å². The van der Waals surface area contributed by atoms with Crippen LogP contribution in [0.25, 0.3) is 10.9 Å². The molecule has 0 aliphatic rings. The number of carboxylic acid groups (broad SMARTS) is 1. The van der Waals surface area contributed by atoms with E-state index in [4.69, 9.17) is 4.74 Å². The van der Waals surface area contributed by atoms with Crippen molar-refractivity contribution in [3.63, 3.8) is 0 Å². The summed E-state index contributed by atoms with van der Waals surface area (Å²) in [7, 11) is -2.93. The van der Waals surface area contributed by atoms with Crippen molar-refractivity contribution in [2.24, 2.45) is 0 Å². The van der Waals surface area contributed by atoms with Gasteiger partial charge in [0.05, 0.1) is 18.6 Å². The van der Waals surface area contributed by atoms with Crippen LogP contribution in [0.5, 0.6) is 5.75 Å². The third-order valence-electron chi connectivity index (χ3n) is 5.84. The van der Waals surface area contributed by atoms with Crippen LogP contribution in [0, 0.1) is 6.92 Å². The average Bonchev–Trinajstić information content (AvgIpc) is 3.39. The van der Waals surface area contributed by atoms with Gasteiger partial charge in [-0.25, -0.2) is 8.42 Å². The van der Waals surface area contributed by atoms with Gasteiger partial charge in [0.1, 0.15) is 18.3 Å². The van der Waals surface area contributed by atoms with Gasteiger partial charge in [0.15, 0.2) is 0 Å². The Kier molecular flexibility index (Phi) is 7.95. The molecule has 2 heterocycles. The second-order valence-corrected chi connectivity index (χ2v) is 11.2. The average molecular weight is 556 g/mol. The van der Waals surface area contributed by atoms with E-state index in [0.717, 1.165) is 9.78 Å². The Labute approximate surface area is 222 Å². The number of aromatic nitrogens is 1. The van der Waals surface area contributed by atoms with Crippen LogP contribution >= 0.6 is 11.3 Å². The molecule has 0 spiro atoms. The van der Waals surface area contributed by atoms with Crippen LogP contribution in [0.3, 0.4) is 0 Å². The SMILES string of the molecule is COc1ccccc1[C@@H](NS(=O)(=O)c1cc2ccc(=O)[nH]c2cc1C)C(=O)N(CC(=O)O)Cc1cccs1. The zero-order valence-electron chi connectivity index (χ0n) is 20.5. The summed E-state index contributed by atoms with van der Waals surface area (Å²) in [4.78, 5) is 41.6. The maximum absolute atomic E-state index is 13.9. The molecule has 0 unspecified atom stereocenters. The fourth-order valence-corrected chi connectivity index (χ4v) is 6.25. The van der Waals surface area contributed by atoms with Gasteiger partial charge in [0.25, 0.3) is 0 Å². The Morgan fingerprint density at radius 3 is 2.58 bits per heavy atom. The number of aliphatic carboxylic acids is 1. The largest absolute Gasteiger partial charge is 0.496 e. The first-order valence-corrected chi connectivity index (χ1v) is 13.8. The normalized spacial score (nSPS) is 12.3. The number of carbonyl (C=O) groups excluding carboxylic acids is 1. The zero-order valence-corrected chi connectivity index (χ0v) is 22.1. The van der Waals surface area contributed by atoms with E-state index in [1.54, 1.807) is 54.8 Å². The molecule has 0 saturated heterocycles. The van der Waals surface area contributed by atoms with Crippen molar-refractivity contribution in [3.8, 4) is 5.75 Å². The molecule has 10 nitrogen and oxygen atoms in total. The molecule has 0 saturated carbocycles. The molecule has 1 amide bonds. The molecule has 4 rings (SSSR count). The minimum Gasteiger partial charge on any atom is -0.496 e. The maximum atomic E-state index is 13.9. The van der Waals surface area contributed by atoms with Crippen LogP contribution in [0.4, 0.5) is 0 Å². The molecule has 4 aromatic rings. The zero-order chi connectivity index (χ0) is 27.4.